The number of pyridine rings is 1. The van der Waals surface area contributed by atoms with E-state index in [0.29, 0.717) is 12.4 Å². The summed E-state index contributed by atoms with van der Waals surface area (Å²) in [6.07, 6.45) is 1.10. The van der Waals surface area contributed by atoms with E-state index in [1.165, 1.54) is 12.0 Å². The molecule has 0 aromatic carbocycles. The second-order valence-electron chi connectivity index (χ2n) is 6.57. The smallest absolute Gasteiger partial charge is 0.410 e. The van der Waals surface area contributed by atoms with Gasteiger partial charge in [0.1, 0.15) is 5.60 Å². The zero-order valence-electron chi connectivity index (χ0n) is 13.8. The Bertz CT molecular complexity index is 579. The van der Waals surface area contributed by atoms with Gasteiger partial charge in [-0.3, -0.25) is 4.79 Å². The molecule has 2 atom stereocenters. The van der Waals surface area contributed by atoms with Gasteiger partial charge in [-0.05, 0) is 26.3 Å². The van der Waals surface area contributed by atoms with Crippen molar-refractivity contribution >= 4 is 12.1 Å². The lowest BCUT2D eigenvalue weighted by atomic mass is 9.90. The van der Waals surface area contributed by atoms with Gasteiger partial charge in [0.05, 0.1) is 13.0 Å². The lowest BCUT2D eigenvalue weighted by Gasteiger charge is -2.24. The van der Waals surface area contributed by atoms with E-state index in [2.05, 4.69) is 4.98 Å². The minimum Gasteiger partial charge on any atom is -0.481 e. The fourth-order valence-corrected chi connectivity index (χ4v) is 2.60. The van der Waals surface area contributed by atoms with Crippen molar-refractivity contribution in [2.24, 2.45) is 5.92 Å². The Labute approximate surface area is 135 Å². The van der Waals surface area contributed by atoms with E-state index < -0.39 is 23.6 Å². The van der Waals surface area contributed by atoms with Crippen LogP contribution in [0.25, 0.3) is 0 Å². The third-order valence-electron chi connectivity index (χ3n) is 3.69. The quantitative estimate of drug-likeness (QED) is 0.917. The Morgan fingerprint density at radius 2 is 2.00 bits per heavy atom. The van der Waals surface area contributed by atoms with Crippen LogP contribution >= 0.6 is 0 Å². The molecule has 2 rings (SSSR count). The van der Waals surface area contributed by atoms with Gasteiger partial charge in [0.15, 0.2) is 0 Å². The van der Waals surface area contributed by atoms with Crippen LogP contribution in [-0.2, 0) is 9.53 Å². The molecule has 0 bridgehead atoms. The molecule has 1 saturated heterocycles. The number of likely N-dealkylation sites (tertiary alicyclic amines) is 1. The lowest BCUT2D eigenvalue weighted by Crippen LogP contribution is -2.35. The van der Waals surface area contributed by atoms with Gasteiger partial charge in [0.2, 0.25) is 5.88 Å². The maximum atomic E-state index is 12.2. The van der Waals surface area contributed by atoms with Gasteiger partial charge in [-0.1, -0.05) is 6.07 Å². The van der Waals surface area contributed by atoms with Crippen LogP contribution in [0.1, 0.15) is 32.3 Å². The average molecular weight is 322 g/mol. The molecule has 1 fully saturated rings. The summed E-state index contributed by atoms with van der Waals surface area (Å²) in [4.78, 5) is 29.3. The second kappa shape index (κ2) is 6.44. The number of ether oxygens (including phenoxy) is 2. The first-order valence-corrected chi connectivity index (χ1v) is 7.42. The number of hydrogen-bond acceptors (Lipinski definition) is 5. The monoisotopic (exact) mass is 322 g/mol. The normalized spacial score (nSPS) is 21.1. The molecule has 1 aromatic heterocycles. The second-order valence-corrected chi connectivity index (χ2v) is 6.57. The van der Waals surface area contributed by atoms with Gasteiger partial charge >= 0.3 is 12.1 Å². The van der Waals surface area contributed by atoms with Crippen LogP contribution in [0.2, 0.25) is 0 Å². The van der Waals surface area contributed by atoms with Crippen LogP contribution in [0.5, 0.6) is 5.88 Å². The molecule has 1 aliphatic heterocycles. The molecular weight excluding hydrogens is 300 g/mol. The van der Waals surface area contributed by atoms with Crippen molar-refractivity contribution < 1.29 is 24.2 Å². The average Bonchev–Trinajstić information content (AvgIpc) is 2.91. The summed E-state index contributed by atoms with van der Waals surface area (Å²) in [7, 11) is 1.52. The number of methoxy groups -OCH3 is 1. The molecule has 0 spiro atoms. The van der Waals surface area contributed by atoms with Gasteiger partial charge < -0.3 is 19.5 Å². The number of carbonyl (C=O) groups excluding carboxylic acids is 1. The van der Waals surface area contributed by atoms with Crippen LogP contribution in [0.15, 0.2) is 18.3 Å². The first-order valence-electron chi connectivity index (χ1n) is 7.42. The minimum atomic E-state index is -0.933. The van der Waals surface area contributed by atoms with E-state index in [1.54, 1.807) is 39.1 Å². The highest BCUT2D eigenvalue weighted by atomic mass is 16.6. The summed E-state index contributed by atoms with van der Waals surface area (Å²) >= 11 is 0. The molecule has 126 valence electrons. The Morgan fingerprint density at radius 1 is 1.30 bits per heavy atom. The minimum absolute atomic E-state index is 0.126. The van der Waals surface area contributed by atoms with E-state index >= 15 is 0 Å². The third kappa shape index (κ3) is 4.12. The summed E-state index contributed by atoms with van der Waals surface area (Å²) in [6, 6.07) is 3.47. The molecule has 1 amide bonds. The van der Waals surface area contributed by atoms with Crippen LogP contribution in [0.4, 0.5) is 4.79 Å². The molecular formula is C16H22N2O5. The predicted octanol–water partition coefficient (Wildman–Crippen LogP) is 2.13. The van der Waals surface area contributed by atoms with Crippen LogP contribution in [0.3, 0.4) is 0 Å². The maximum Gasteiger partial charge on any atom is 0.410 e. The molecule has 1 aromatic rings. The van der Waals surface area contributed by atoms with Gasteiger partial charge in [0, 0.05) is 31.3 Å². The molecule has 0 radical (unpaired) electrons. The van der Waals surface area contributed by atoms with Crippen molar-refractivity contribution in [3.8, 4) is 5.88 Å². The van der Waals surface area contributed by atoms with Crippen molar-refractivity contribution in [1.82, 2.24) is 9.88 Å². The van der Waals surface area contributed by atoms with Crippen LogP contribution in [0, 0.1) is 5.92 Å². The number of nitrogens with zero attached hydrogens (tertiary/aromatic N) is 2. The first-order chi connectivity index (χ1) is 10.7. The number of carboxylic acid groups (broad SMARTS) is 1. The molecule has 0 unspecified atom stereocenters. The zero-order chi connectivity index (χ0) is 17.2. The topological polar surface area (TPSA) is 89.0 Å². The fourth-order valence-electron chi connectivity index (χ4n) is 2.60. The van der Waals surface area contributed by atoms with E-state index in [-0.39, 0.29) is 12.5 Å². The molecule has 1 N–H and O–H groups in total. The van der Waals surface area contributed by atoms with Crippen molar-refractivity contribution in [3.63, 3.8) is 0 Å². The molecule has 7 nitrogen and oxygen atoms in total. The maximum absolute atomic E-state index is 12.2. The standard InChI is InChI=1S/C16H22N2O5/c1-16(2,3)23-15(21)18-8-11(12(9-18)14(19)20)10-5-6-13(22-4)17-7-10/h5-7,11-12H,8-9H2,1-4H3,(H,19,20)/t11-,12-/m0/s1. The van der Waals surface area contributed by atoms with Crippen LogP contribution in [-0.4, -0.2) is 52.9 Å². The predicted molar refractivity (Wildman–Crippen MR) is 82.5 cm³/mol. The molecule has 0 aliphatic carbocycles. The zero-order valence-corrected chi connectivity index (χ0v) is 13.8. The third-order valence-corrected chi connectivity index (χ3v) is 3.69. The number of carbonyl (C=O) groups is 2. The summed E-state index contributed by atoms with van der Waals surface area (Å²) in [6.45, 7) is 5.75. The number of rotatable bonds is 3. The Kier molecular flexibility index (Phi) is 4.77. The highest BCUT2D eigenvalue weighted by Gasteiger charge is 2.41. The largest absolute Gasteiger partial charge is 0.481 e. The first kappa shape index (κ1) is 17.1. The number of aromatic nitrogens is 1. The van der Waals surface area contributed by atoms with Crippen LogP contribution < -0.4 is 4.74 Å². The summed E-state index contributed by atoms with van der Waals surface area (Å²) in [5.74, 6) is -1.48. The highest BCUT2D eigenvalue weighted by Crippen LogP contribution is 2.33. The summed E-state index contributed by atoms with van der Waals surface area (Å²) in [5.41, 5.74) is 0.152. The molecule has 2 heterocycles. The molecule has 0 saturated carbocycles. The fraction of sp³-hybridized carbons (Fsp3) is 0.562. The van der Waals surface area contributed by atoms with Crippen molar-refractivity contribution in [2.45, 2.75) is 32.3 Å². The van der Waals surface area contributed by atoms with Crippen molar-refractivity contribution in [2.75, 3.05) is 20.2 Å². The van der Waals surface area contributed by atoms with Crippen molar-refractivity contribution in [1.29, 1.82) is 0 Å². The van der Waals surface area contributed by atoms with E-state index in [4.69, 9.17) is 9.47 Å². The van der Waals surface area contributed by atoms with E-state index in [1.807, 2.05) is 0 Å². The van der Waals surface area contributed by atoms with E-state index in [0.717, 1.165) is 5.56 Å². The Hall–Kier alpha value is -2.31. The Balaban J connectivity index is 2.17. The molecule has 1 aliphatic rings. The summed E-state index contributed by atoms with van der Waals surface area (Å²) < 4.78 is 10.3. The van der Waals surface area contributed by atoms with Gasteiger partial charge in [-0.2, -0.15) is 0 Å². The number of hydrogen-bond donors (Lipinski definition) is 1. The summed E-state index contributed by atoms with van der Waals surface area (Å²) in [5, 5.41) is 9.45. The van der Waals surface area contributed by atoms with Crippen molar-refractivity contribution in [3.05, 3.63) is 23.9 Å². The van der Waals surface area contributed by atoms with Gasteiger partial charge in [0.25, 0.3) is 0 Å². The van der Waals surface area contributed by atoms with Gasteiger partial charge in [-0.25, -0.2) is 9.78 Å². The number of amides is 1. The lowest BCUT2D eigenvalue weighted by molar-refractivity contribution is -0.141. The van der Waals surface area contributed by atoms with Gasteiger partial charge in [-0.15, -0.1) is 0 Å². The Morgan fingerprint density at radius 3 is 2.48 bits per heavy atom. The SMILES string of the molecule is COc1ccc([C@@H]2CN(C(=O)OC(C)(C)C)C[C@@H]2C(=O)O)cn1. The molecule has 7 heteroatoms. The number of aliphatic carboxylic acids is 1. The number of carboxylic acids is 1. The molecule has 23 heavy (non-hydrogen) atoms. The van der Waals surface area contributed by atoms with E-state index in [9.17, 15) is 14.7 Å². The highest BCUT2D eigenvalue weighted by molar-refractivity contribution is 5.75.